The summed E-state index contributed by atoms with van der Waals surface area (Å²) < 4.78 is 2.40. The molecule has 4 nitrogen and oxygen atoms in total. The van der Waals surface area contributed by atoms with Crippen LogP contribution < -0.4 is 4.90 Å². The van der Waals surface area contributed by atoms with E-state index in [4.69, 9.17) is 4.98 Å². The van der Waals surface area contributed by atoms with Crippen LogP contribution in [-0.4, -0.2) is 20.6 Å². The van der Waals surface area contributed by atoms with Crippen molar-refractivity contribution in [2.24, 2.45) is 11.8 Å². The molecule has 10 rings (SSSR count). The fourth-order valence-corrected chi connectivity index (χ4v) is 9.79. The molecule has 3 heterocycles. The molecule has 0 saturated heterocycles. The number of fused-ring (bicyclic) bond motifs is 6. The predicted molar refractivity (Wildman–Crippen MR) is 233 cm³/mol. The molecule has 0 radical (unpaired) electrons. The highest BCUT2D eigenvalue weighted by atomic mass is 15.3. The molecule has 0 fully saturated rings. The number of nitrogens with zero attached hydrogens (tertiary/aromatic N) is 4. The Labute approximate surface area is 330 Å². The largest absolute Gasteiger partial charge is 0.319 e. The number of hydrogen-bond acceptors (Lipinski definition) is 3. The average molecular weight is 729 g/mol. The molecule has 4 aliphatic rings. The van der Waals surface area contributed by atoms with Crippen molar-refractivity contribution >= 4 is 33.2 Å². The van der Waals surface area contributed by atoms with Crippen molar-refractivity contribution in [2.45, 2.75) is 63.3 Å². The molecule has 3 aliphatic carbocycles. The van der Waals surface area contributed by atoms with Crippen LogP contribution in [0.15, 0.2) is 176 Å². The number of aromatic nitrogens is 3. The van der Waals surface area contributed by atoms with E-state index in [1.807, 2.05) is 6.20 Å². The van der Waals surface area contributed by atoms with Gasteiger partial charge in [-0.3, -0.25) is 0 Å². The predicted octanol–water partition coefficient (Wildman–Crippen LogP) is 12.3. The first kappa shape index (κ1) is 34.5. The summed E-state index contributed by atoms with van der Waals surface area (Å²) in [5, 5.41) is 2.59. The zero-order valence-electron chi connectivity index (χ0n) is 32.7. The van der Waals surface area contributed by atoms with E-state index in [1.54, 1.807) is 6.33 Å². The second-order valence-corrected chi connectivity index (χ2v) is 17.1. The van der Waals surface area contributed by atoms with E-state index >= 15 is 0 Å². The lowest BCUT2D eigenvalue weighted by Gasteiger charge is -2.36. The van der Waals surface area contributed by atoms with Crippen LogP contribution in [0.5, 0.6) is 0 Å². The summed E-state index contributed by atoms with van der Waals surface area (Å²) in [5.74, 6) is 2.13. The molecule has 276 valence electrons. The highest BCUT2D eigenvalue weighted by Gasteiger charge is 2.40. The zero-order chi connectivity index (χ0) is 38.0. The molecule has 4 heteroatoms. The minimum absolute atomic E-state index is 0.00860. The van der Waals surface area contributed by atoms with Gasteiger partial charge in [-0.05, 0) is 88.1 Å². The monoisotopic (exact) mass is 728 g/mol. The Morgan fingerprint density at radius 1 is 0.625 bits per heavy atom. The van der Waals surface area contributed by atoms with Crippen LogP contribution in [0.3, 0.4) is 0 Å². The number of allylic oxidation sites excluding steroid dienone is 9. The quantitative estimate of drug-likeness (QED) is 0.164. The lowest BCUT2D eigenvalue weighted by atomic mass is 9.69. The summed E-state index contributed by atoms with van der Waals surface area (Å²) in [6.07, 6.45) is 28.9. The zero-order valence-corrected chi connectivity index (χ0v) is 32.7. The van der Waals surface area contributed by atoms with Gasteiger partial charge in [-0.15, -0.1) is 0 Å². The van der Waals surface area contributed by atoms with Gasteiger partial charge in [0.05, 0.1) is 17.1 Å². The second kappa shape index (κ2) is 13.3. The summed E-state index contributed by atoms with van der Waals surface area (Å²) in [6, 6.07) is 36.3. The van der Waals surface area contributed by atoms with Crippen molar-refractivity contribution in [1.29, 1.82) is 0 Å². The van der Waals surface area contributed by atoms with Gasteiger partial charge in [0.1, 0.15) is 12.1 Å². The number of para-hydroxylation sites is 2. The first-order valence-corrected chi connectivity index (χ1v) is 20.2. The molecule has 4 unspecified atom stereocenters. The lowest BCUT2D eigenvalue weighted by Crippen LogP contribution is -2.34. The van der Waals surface area contributed by atoms with Crippen LogP contribution in [0.2, 0.25) is 0 Å². The summed E-state index contributed by atoms with van der Waals surface area (Å²) in [7, 11) is 0. The molecular formula is C52H48N4. The Balaban J connectivity index is 0.816. The van der Waals surface area contributed by atoms with Crippen LogP contribution >= 0.6 is 0 Å². The second-order valence-electron chi connectivity index (χ2n) is 17.1. The summed E-state index contributed by atoms with van der Waals surface area (Å²) in [6.45, 7) is 9.57. The fraction of sp³-hybridized carbons (Fsp3) is 0.231. The molecule has 4 atom stereocenters. The van der Waals surface area contributed by atoms with Crippen LogP contribution in [0.1, 0.15) is 68.7 Å². The van der Waals surface area contributed by atoms with E-state index in [1.165, 1.54) is 61.0 Å². The molecular weight excluding hydrogens is 681 g/mol. The number of rotatable bonds is 7. The van der Waals surface area contributed by atoms with E-state index in [2.05, 4.69) is 200 Å². The number of anilines is 1. The van der Waals surface area contributed by atoms with Crippen LogP contribution in [0.4, 0.5) is 5.82 Å². The smallest absolute Gasteiger partial charge is 0.140 e. The Hall–Kier alpha value is -6.00. The minimum atomic E-state index is -0.0127. The summed E-state index contributed by atoms with van der Waals surface area (Å²) >= 11 is 0. The van der Waals surface area contributed by atoms with Gasteiger partial charge < -0.3 is 9.47 Å². The fourth-order valence-electron chi connectivity index (χ4n) is 9.79. The molecule has 0 spiro atoms. The van der Waals surface area contributed by atoms with Gasteiger partial charge in [-0.1, -0.05) is 155 Å². The van der Waals surface area contributed by atoms with E-state index < -0.39 is 0 Å². The molecule has 4 aromatic carbocycles. The van der Waals surface area contributed by atoms with Crippen LogP contribution in [0.25, 0.3) is 33.1 Å². The number of benzene rings is 4. The van der Waals surface area contributed by atoms with E-state index in [0.717, 1.165) is 18.7 Å². The van der Waals surface area contributed by atoms with Gasteiger partial charge in [-0.2, -0.15) is 0 Å². The standard InChI is InChI=1S/C52H48N4/c1-51(2,39-25-29-41(30-26-39)55-47-14-8-5-11-43(47)44-12-6-9-15-48(44)55)37-21-17-35(18-22-37)36-19-23-38(24-20-36)52(3,4)40-27-31-42(32-28-40)56-49-16-10-7-13-45(49)46-33-53-34-54-50(46)56/h5-21,23-27,29-34,37,40,45,49H,22,28H2,1-4H3. The Morgan fingerprint density at radius 3 is 1.86 bits per heavy atom. The van der Waals surface area contributed by atoms with Crippen molar-refractivity contribution in [1.82, 2.24) is 14.5 Å². The third-order valence-electron chi connectivity index (χ3n) is 13.4. The molecule has 0 N–H and O–H groups in total. The SMILES string of the molecule is CC(C)(c1ccc(C2=CCC(C(C)(C)c3ccc(-n4c5ccccc5c5ccccc54)cc3)C=C2)cc1)C1C=CC(N2c3ncncc3C3C=CC=CC32)=CC1. The third kappa shape index (κ3) is 5.57. The van der Waals surface area contributed by atoms with E-state index in [9.17, 15) is 0 Å². The van der Waals surface area contributed by atoms with Crippen LogP contribution in [0, 0.1) is 11.8 Å². The van der Waals surface area contributed by atoms with Crippen molar-refractivity contribution in [2.75, 3.05) is 4.90 Å². The van der Waals surface area contributed by atoms with Gasteiger partial charge in [0.15, 0.2) is 0 Å². The highest BCUT2D eigenvalue weighted by Crippen LogP contribution is 2.46. The highest BCUT2D eigenvalue weighted by molar-refractivity contribution is 6.09. The van der Waals surface area contributed by atoms with Crippen molar-refractivity contribution < 1.29 is 0 Å². The van der Waals surface area contributed by atoms with Gasteiger partial charge in [0.2, 0.25) is 0 Å². The summed E-state index contributed by atoms with van der Waals surface area (Å²) in [5.41, 5.74) is 11.4. The van der Waals surface area contributed by atoms with Crippen molar-refractivity contribution in [3.8, 4) is 5.69 Å². The third-order valence-corrected chi connectivity index (χ3v) is 13.4. The molecule has 56 heavy (non-hydrogen) atoms. The molecule has 2 aromatic heterocycles. The number of hydrogen-bond donors (Lipinski definition) is 0. The molecule has 0 saturated carbocycles. The maximum absolute atomic E-state index is 4.72. The average Bonchev–Trinajstić information content (AvgIpc) is 3.77. The minimum Gasteiger partial charge on any atom is -0.319 e. The van der Waals surface area contributed by atoms with Gasteiger partial charge in [0.25, 0.3) is 0 Å². The first-order valence-electron chi connectivity index (χ1n) is 20.2. The molecule has 6 aromatic rings. The topological polar surface area (TPSA) is 34.0 Å². The molecule has 0 bridgehead atoms. The Bertz CT molecular complexity index is 2610. The van der Waals surface area contributed by atoms with Gasteiger partial charge in [-0.25, -0.2) is 9.97 Å². The first-order chi connectivity index (χ1) is 27.3. The van der Waals surface area contributed by atoms with E-state index in [0.29, 0.717) is 17.8 Å². The maximum Gasteiger partial charge on any atom is 0.140 e. The molecule has 1 aliphatic heterocycles. The Kier molecular flexibility index (Phi) is 8.21. The molecule has 0 amide bonds. The normalized spacial score (nSPS) is 21.7. The lowest BCUT2D eigenvalue weighted by molar-refractivity contribution is 0.381. The van der Waals surface area contributed by atoms with Crippen molar-refractivity contribution in [3.05, 3.63) is 198 Å². The summed E-state index contributed by atoms with van der Waals surface area (Å²) in [4.78, 5) is 11.5. The van der Waals surface area contributed by atoms with Crippen molar-refractivity contribution in [3.63, 3.8) is 0 Å². The van der Waals surface area contributed by atoms with Crippen LogP contribution in [-0.2, 0) is 10.8 Å². The van der Waals surface area contributed by atoms with E-state index in [-0.39, 0.29) is 16.9 Å². The maximum atomic E-state index is 4.72. The van der Waals surface area contributed by atoms with Gasteiger partial charge in [0, 0.05) is 39.8 Å². The Morgan fingerprint density at radius 2 is 1.23 bits per heavy atom. The van der Waals surface area contributed by atoms with Gasteiger partial charge >= 0.3 is 0 Å².